The summed E-state index contributed by atoms with van der Waals surface area (Å²) >= 11 is 0. The Morgan fingerprint density at radius 3 is 2.58 bits per heavy atom. The van der Waals surface area contributed by atoms with E-state index in [-0.39, 0.29) is 0 Å². The molecule has 0 aliphatic carbocycles. The van der Waals surface area contributed by atoms with Gasteiger partial charge in [0.25, 0.3) is 5.78 Å². The number of nitrogens with zero attached hydrogens (tertiary/aromatic N) is 5. The van der Waals surface area contributed by atoms with Crippen molar-refractivity contribution in [2.75, 3.05) is 26.3 Å². The normalized spacial score (nSPS) is 17.2. The number of morpholine rings is 1. The highest BCUT2D eigenvalue weighted by Crippen LogP contribution is 2.25. The summed E-state index contributed by atoms with van der Waals surface area (Å²) in [6, 6.07) is 9.11. The Balaban J connectivity index is 1.57. The van der Waals surface area contributed by atoms with E-state index in [1.807, 2.05) is 19.3 Å². The van der Waals surface area contributed by atoms with Crippen molar-refractivity contribution in [1.29, 1.82) is 0 Å². The molecule has 1 aromatic carbocycles. The molecule has 1 fully saturated rings. The maximum Gasteiger partial charge on any atom is 0.252 e. The van der Waals surface area contributed by atoms with Gasteiger partial charge in [0.05, 0.1) is 13.2 Å². The summed E-state index contributed by atoms with van der Waals surface area (Å²) in [5.41, 5.74) is 3.50. The summed E-state index contributed by atoms with van der Waals surface area (Å²) in [5, 5.41) is 4.33. The lowest BCUT2D eigenvalue weighted by Gasteiger charge is -2.32. The fourth-order valence-electron chi connectivity index (χ4n) is 3.16. The molecule has 0 amide bonds. The lowest BCUT2D eigenvalue weighted by atomic mass is 10.0. The molecule has 124 valence electrons. The van der Waals surface area contributed by atoms with Gasteiger partial charge in [0.2, 0.25) is 0 Å². The van der Waals surface area contributed by atoms with Crippen LogP contribution in [-0.2, 0) is 4.74 Å². The highest BCUT2D eigenvalue weighted by molar-refractivity contribution is 5.62. The zero-order valence-corrected chi connectivity index (χ0v) is 14.0. The molecule has 1 atom stereocenters. The van der Waals surface area contributed by atoms with E-state index in [0.29, 0.717) is 11.8 Å². The maximum atomic E-state index is 5.44. The van der Waals surface area contributed by atoms with Gasteiger partial charge in [-0.05, 0) is 25.0 Å². The molecule has 6 nitrogen and oxygen atoms in total. The Kier molecular flexibility index (Phi) is 4.00. The topological polar surface area (TPSA) is 55.5 Å². The molecule has 0 saturated carbocycles. The molecule has 0 bridgehead atoms. The number of hydrogen-bond acceptors (Lipinski definition) is 5. The Bertz CT molecular complexity index is 836. The molecular weight excluding hydrogens is 302 g/mol. The quantitative estimate of drug-likeness (QED) is 0.741. The van der Waals surface area contributed by atoms with Crippen LogP contribution in [0.1, 0.15) is 24.4 Å². The van der Waals surface area contributed by atoms with Crippen LogP contribution in [-0.4, -0.2) is 50.8 Å². The van der Waals surface area contributed by atoms with Crippen molar-refractivity contribution in [3.63, 3.8) is 0 Å². The Morgan fingerprint density at radius 1 is 1.08 bits per heavy atom. The van der Waals surface area contributed by atoms with Gasteiger partial charge in [0, 0.05) is 37.1 Å². The summed E-state index contributed by atoms with van der Waals surface area (Å²) < 4.78 is 7.17. The SMILES string of the molecule is Cc1nc2ncc(-c3ccc([C@@H](C)N4CCOCC4)cc3)cn2n1. The van der Waals surface area contributed by atoms with Crippen molar-refractivity contribution >= 4 is 5.78 Å². The summed E-state index contributed by atoms with van der Waals surface area (Å²) in [6.07, 6.45) is 3.83. The molecule has 0 N–H and O–H groups in total. The first-order valence-electron chi connectivity index (χ1n) is 8.32. The van der Waals surface area contributed by atoms with Crippen molar-refractivity contribution in [2.45, 2.75) is 19.9 Å². The van der Waals surface area contributed by atoms with E-state index in [2.05, 4.69) is 51.2 Å². The number of fused-ring (bicyclic) bond motifs is 1. The summed E-state index contributed by atoms with van der Waals surface area (Å²) in [7, 11) is 0. The molecule has 6 heteroatoms. The highest BCUT2D eigenvalue weighted by Gasteiger charge is 2.18. The van der Waals surface area contributed by atoms with E-state index in [1.54, 1.807) is 4.52 Å². The van der Waals surface area contributed by atoms with Gasteiger partial charge >= 0.3 is 0 Å². The second-order valence-corrected chi connectivity index (χ2v) is 6.19. The Labute approximate surface area is 141 Å². The van der Waals surface area contributed by atoms with Crippen LogP contribution in [0.25, 0.3) is 16.9 Å². The Morgan fingerprint density at radius 2 is 1.83 bits per heavy atom. The van der Waals surface area contributed by atoms with Crippen molar-refractivity contribution in [3.05, 3.63) is 48.0 Å². The van der Waals surface area contributed by atoms with E-state index in [0.717, 1.165) is 43.3 Å². The number of ether oxygens (including phenoxy) is 1. The van der Waals surface area contributed by atoms with E-state index < -0.39 is 0 Å². The number of benzene rings is 1. The second kappa shape index (κ2) is 6.30. The van der Waals surface area contributed by atoms with Gasteiger partial charge in [-0.25, -0.2) is 9.50 Å². The molecule has 0 spiro atoms. The zero-order chi connectivity index (χ0) is 16.5. The third-order valence-corrected chi connectivity index (χ3v) is 4.62. The maximum absolute atomic E-state index is 5.44. The Hall–Kier alpha value is -2.31. The third kappa shape index (κ3) is 2.90. The molecule has 0 unspecified atom stereocenters. The van der Waals surface area contributed by atoms with Crippen LogP contribution in [0.4, 0.5) is 0 Å². The molecule has 0 radical (unpaired) electrons. The third-order valence-electron chi connectivity index (χ3n) is 4.62. The van der Waals surface area contributed by atoms with Gasteiger partial charge in [0.15, 0.2) is 0 Å². The van der Waals surface area contributed by atoms with Crippen molar-refractivity contribution in [1.82, 2.24) is 24.5 Å². The van der Waals surface area contributed by atoms with Crippen LogP contribution in [0.2, 0.25) is 0 Å². The van der Waals surface area contributed by atoms with Crippen LogP contribution in [0.5, 0.6) is 0 Å². The lowest BCUT2D eigenvalue weighted by molar-refractivity contribution is 0.0198. The van der Waals surface area contributed by atoms with Crippen molar-refractivity contribution in [3.8, 4) is 11.1 Å². The average Bonchev–Trinajstić information content (AvgIpc) is 3.01. The average molecular weight is 323 g/mol. The van der Waals surface area contributed by atoms with Crippen LogP contribution >= 0.6 is 0 Å². The first-order valence-corrected chi connectivity index (χ1v) is 8.32. The second-order valence-electron chi connectivity index (χ2n) is 6.19. The first kappa shape index (κ1) is 15.2. The van der Waals surface area contributed by atoms with Crippen LogP contribution in [0, 0.1) is 6.92 Å². The van der Waals surface area contributed by atoms with E-state index in [1.165, 1.54) is 5.56 Å². The molecule has 3 aromatic rings. The van der Waals surface area contributed by atoms with Gasteiger partial charge in [-0.1, -0.05) is 24.3 Å². The van der Waals surface area contributed by atoms with E-state index in [9.17, 15) is 0 Å². The summed E-state index contributed by atoms with van der Waals surface area (Å²) in [5.74, 6) is 1.36. The smallest absolute Gasteiger partial charge is 0.252 e. The molecule has 24 heavy (non-hydrogen) atoms. The molecular formula is C18H21N5O. The molecule has 1 aliphatic rings. The molecule has 2 aromatic heterocycles. The summed E-state index contributed by atoms with van der Waals surface area (Å²) in [4.78, 5) is 11.1. The summed E-state index contributed by atoms with van der Waals surface area (Å²) in [6.45, 7) is 7.77. The predicted octanol–water partition coefficient (Wildman–Crippen LogP) is 2.49. The fraction of sp³-hybridized carbons (Fsp3) is 0.389. The molecule has 1 saturated heterocycles. The number of rotatable bonds is 3. The van der Waals surface area contributed by atoms with Gasteiger partial charge in [-0.3, -0.25) is 4.90 Å². The monoisotopic (exact) mass is 323 g/mol. The number of aryl methyl sites for hydroxylation is 1. The van der Waals surface area contributed by atoms with Crippen LogP contribution in [0.15, 0.2) is 36.7 Å². The molecule has 4 rings (SSSR count). The van der Waals surface area contributed by atoms with E-state index >= 15 is 0 Å². The lowest BCUT2D eigenvalue weighted by Crippen LogP contribution is -2.37. The number of aromatic nitrogens is 4. The first-order chi connectivity index (χ1) is 11.7. The highest BCUT2D eigenvalue weighted by atomic mass is 16.5. The molecule has 1 aliphatic heterocycles. The van der Waals surface area contributed by atoms with Gasteiger partial charge in [-0.15, -0.1) is 0 Å². The fourth-order valence-corrected chi connectivity index (χ4v) is 3.16. The predicted molar refractivity (Wildman–Crippen MR) is 91.8 cm³/mol. The minimum atomic E-state index is 0.404. The largest absolute Gasteiger partial charge is 0.379 e. The zero-order valence-electron chi connectivity index (χ0n) is 14.0. The minimum absolute atomic E-state index is 0.404. The van der Waals surface area contributed by atoms with Crippen LogP contribution < -0.4 is 0 Å². The van der Waals surface area contributed by atoms with Gasteiger partial charge < -0.3 is 4.74 Å². The van der Waals surface area contributed by atoms with E-state index in [4.69, 9.17) is 4.74 Å². The minimum Gasteiger partial charge on any atom is -0.379 e. The van der Waals surface area contributed by atoms with Gasteiger partial charge in [-0.2, -0.15) is 10.1 Å². The van der Waals surface area contributed by atoms with Crippen molar-refractivity contribution in [2.24, 2.45) is 0 Å². The van der Waals surface area contributed by atoms with Gasteiger partial charge in [0.1, 0.15) is 5.82 Å². The number of hydrogen-bond donors (Lipinski definition) is 0. The standard InChI is InChI=1S/C18H21N5O/c1-13(22-7-9-24-10-8-22)15-3-5-16(6-4-15)17-11-19-18-20-14(2)21-23(18)12-17/h3-6,11-13H,7-10H2,1-2H3/t13-/m1/s1. The van der Waals surface area contributed by atoms with Crippen molar-refractivity contribution < 1.29 is 4.74 Å². The molecule has 3 heterocycles. The van der Waals surface area contributed by atoms with Crippen LogP contribution in [0.3, 0.4) is 0 Å².